The van der Waals surface area contributed by atoms with Crippen molar-refractivity contribution < 1.29 is 10.2 Å². The van der Waals surface area contributed by atoms with Gasteiger partial charge < -0.3 is 10.2 Å². The Balaban J connectivity index is 2.71. The Hall–Kier alpha value is -0.600. The van der Waals surface area contributed by atoms with Crippen LogP contribution in [0, 0.1) is 0 Å². The molecule has 0 bridgehead atoms. The Morgan fingerprint density at radius 3 is 2.80 bits per heavy atom. The van der Waals surface area contributed by atoms with Crippen LogP contribution in [-0.4, -0.2) is 22.4 Å². The fourth-order valence-electron chi connectivity index (χ4n) is 1.13. The van der Waals surface area contributed by atoms with Crippen molar-refractivity contribution >= 4 is 0 Å². The van der Waals surface area contributed by atoms with Crippen molar-refractivity contribution in [3.8, 4) is 0 Å². The summed E-state index contributed by atoms with van der Waals surface area (Å²) in [5, 5.41) is 18.4. The van der Waals surface area contributed by atoms with E-state index in [1.54, 1.807) is 6.08 Å². The maximum Gasteiger partial charge on any atom is 0.105 e. The van der Waals surface area contributed by atoms with Crippen LogP contribution in [0.1, 0.15) is 12.8 Å². The Bertz CT molecular complexity index is 161. The molecule has 1 aliphatic carbocycles. The molecule has 0 radical (unpaired) electrons. The maximum atomic E-state index is 9.25. The maximum absolute atomic E-state index is 9.25. The normalized spacial score (nSPS) is 33.2. The fraction of sp³-hybridized carbons (Fsp3) is 0.500. The van der Waals surface area contributed by atoms with E-state index in [4.69, 9.17) is 5.11 Å². The molecular weight excluding hydrogens is 128 g/mol. The van der Waals surface area contributed by atoms with Gasteiger partial charge in [0.2, 0.25) is 0 Å². The molecule has 10 heavy (non-hydrogen) atoms. The second-order valence-corrected chi connectivity index (χ2v) is 2.50. The minimum atomic E-state index is -0.716. The summed E-state index contributed by atoms with van der Waals surface area (Å²) in [4.78, 5) is 0. The summed E-state index contributed by atoms with van der Waals surface area (Å²) in [5.74, 6) is 0. The highest BCUT2D eigenvalue weighted by Gasteiger charge is 2.21. The third kappa shape index (κ3) is 1.28. The first-order chi connectivity index (χ1) is 4.75. The van der Waals surface area contributed by atoms with Gasteiger partial charge in [0.15, 0.2) is 0 Å². The van der Waals surface area contributed by atoms with E-state index in [2.05, 4.69) is 6.58 Å². The van der Waals surface area contributed by atoms with E-state index in [0.29, 0.717) is 6.42 Å². The zero-order valence-corrected chi connectivity index (χ0v) is 5.83. The molecule has 0 saturated heterocycles. The average molecular weight is 140 g/mol. The van der Waals surface area contributed by atoms with Crippen molar-refractivity contribution in [3.63, 3.8) is 0 Å². The van der Waals surface area contributed by atoms with E-state index in [1.807, 2.05) is 6.08 Å². The molecule has 0 fully saturated rings. The molecule has 2 nitrogen and oxygen atoms in total. The van der Waals surface area contributed by atoms with Crippen LogP contribution in [0.2, 0.25) is 0 Å². The number of hydrogen-bond donors (Lipinski definition) is 2. The smallest absolute Gasteiger partial charge is 0.105 e. The highest BCUT2D eigenvalue weighted by molar-refractivity contribution is 5.24. The van der Waals surface area contributed by atoms with E-state index in [-0.39, 0.29) is 0 Å². The number of aliphatic hydroxyl groups excluding tert-OH is 2. The van der Waals surface area contributed by atoms with Crippen molar-refractivity contribution in [1.29, 1.82) is 0 Å². The predicted octanol–water partition coefficient (Wildman–Crippen LogP) is 0.614. The molecule has 2 heteroatoms. The average Bonchev–Trinajstić information content (AvgIpc) is 1.95. The third-order valence-corrected chi connectivity index (χ3v) is 1.78. The summed E-state index contributed by atoms with van der Waals surface area (Å²) in [6, 6.07) is 0. The highest BCUT2D eigenvalue weighted by Crippen LogP contribution is 2.18. The van der Waals surface area contributed by atoms with E-state index >= 15 is 0 Å². The molecule has 1 rings (SSSR count). The number of hydrogen-bond acceptors (Lipinski definition) is 2. The van der Waals surface area contributed by atoms with Gasteiger partial charge in [0, 0.05) is 0 Å². The lowest BCUT2D eigenvalue weighted by atomic mass is 9.94. The lowest BCUT2D eigenvalue weighted by Crippen LogP contribution is -2.29. The summed E-state index contributed by atoms with van der Waals surface area (Å²) in [7, 11) is 0. The van der Waals surface area contributed by atoms with Crippen LogP contribution in [0.15, 0.2) is 24.3 Å². The van der Waals surface area contributed by atoms with Crippen LogP contribution >= 0.6 is 0 Å². The van der Waals surface area contributed by atoms with Gasteiger partial charge in [-0.15, -0.1) is 0 Å². The first-order valence-corrected chi connectivity index (χ1v) is 3.44. The molecule has 0 aliphatic heterocycles. The quantitative estimate of drug-likeness (QED) is 0.560. The van der Waals surface area contributed by atoms with Crippen molar-refractivity contribution in [2.45, 2.75) is 25.0 Å². The summed E-state index contributed by atoms with van der Waals surface area (Å²) in [5.41, 5.74) is 0.749. The molecule has 0 heterocycles. The van der Waals surface area contributed by atoms with Crippen LogP contribution in [-0.2, 0) is 0 Å². The van der Waals surface area contributed by atoms with Gasteiger partial charge in [0.05, 0.1) is 6.10 Å². The Labute approximate surface area is 60.5 Å². The third-order valence-electron chi connectivity index (χ3n) is 1.78. The highest BCUT2D eigenvalue weighted by atomic mass is 16.3. The predicted molar refractivity (Wildman–Crippen MR) is 39.5 cm³/mol. The van der Waals surface area contributed by atoms with Crippen LogP contribution in [0.3, 0.4) is 0 Å². The number of allylic oxidation sites excluding steroid dienone is 1. The van der Waals surface area contributed by atoms with Crippen molar-refractivity contribution in [1.82, 2.24) is 0 Å². The van der Waals surface area contributed by atoms with Gasteiger partial charge >= 0.3 is 0 Å². The number of aliphatic hydroxyl groups is 2. The molecule has 2 N–H and O–H groups in total. The molecule has 2 atom stereocenters. The first kappa shape index (κ1) is 7.51. The molecule has 0 aromatic rings. The molecular formula is C8H12O2. The Morgan fingerprint density at radius 1 is 1.60 bits per heavy atom. The first-order valence-electron chi connectivity index (χ1n) is 3.44. The van der Waals surface area contributed by atoms with Crippen molar-refractivity contribution in [2.75, 3.05) is 0 Å². The molecule has 0 saturated carbocycles. The number of rotatable bonds is 1. The Morgan fingerprint density at radius 2 is 2.30 bits per heavy atom. The van der Waals surface area contributed by atoms with Gasteiger partial charge in [-0.3, -0.25) is 0 Å². The zero-order valence-electron chi connectivity index (χ0n) is 5.83. The molecule has 1 aliphatic rings. The van der Waals surface area contributed by atoms with E-state index in [9.17, 15) is 5.11 Å². The minimum absolute atomic E-state index is 0.599. The van der Waals surface area contributed by atoms with Gasteiger partial charge in [-0.1, -0.05) is 18.7 Å². The van der Waals surface area contributed by atoms with E-state index < -0.39 is 12.2 Å². The van der Waals surface area contributed by atoms with Gasteiger partial charge in [-0.2, -0.15) is 0 Å². The van der Waals surface area contributed by atoms with Crippen LogP contribution in [0.5, 0.6) is 0 Å². The topological polar surface area (TPSA) is 40.5 Å². The summed E-state index contributed by atoms with van der Waals surface area (Å²) in [6.45, 7) is 3.53. The molecule has 0 aromatic heterocycles. The standard InChI is InChI=1S/C8H12O2/c1-2-6-4-3-5-7(9)8(6)10/h2,4,7-10H,1,3,5H2. The lowest BCUT2D eigenvalue weighted by Gasteiger charge is -2.22. The molecule has 2 unspecified atom stereocenters. The van der Waals surface area contributed by atoms with Crippen LogP contribution in [0.4, 0.5) is 0 Å². The second-order valence-electron chi connectivity index (χ2n) is 2.50. The summed E-state index contributed by atoms with van der Waals surface area (Å²) < 4.78 is 0. The van der Waals surface area contributed by atoms with Crippen LogP contribution in [0.25, 0.3) is 0 Å². The summed E-state index contributed by atoms with van der Waals surface area (Å²) >= 11 is 0. The summed E-state index contributed by atoms with van der Waals surface area (Å²) in [6.07, 6.45) is 3.67. The zero-order chi connectivity index (χ0) is 7.56. The molecule has 56 valence electrons. The largest absolute Gasteiger partial charge is 0.390 e. The van der Waals surface area contributed by atoms with Crippen molar-refractivity contribution in [3.05, 3.63) is 24.3 Å². The monoisotopic (exact) mass is 140 g/mol. The van der Waals surface area contributed by atoms with E-state index in [1.165, 1.54) is 0 Å². The fourth-order valence-corrected chi connectivity index (χ4v) is 1.13. The van der Waals surface area contributed by atoms with Gasteiger partial charge in [-0.05, 0) is 18.4 Å². The van der Waals surface area contributed by atoms with Gasteiger partial charge in [-0.25, -0.2) is 0 Å². The SMILES string of the molecule is C=CC1=CCCC(O)C1O. The van der Waals surface area contributed by atoms with Crippen molar-refractivity contribution in [2.24, 2.45) is 0 Å². The van der Waals surface area contributed by atoms with Crippen LogP contribution < -0.4 is 0 Å². The van der Waals surface area contributed by atoms with E-state index in [0.717, 1.165) is 12.0 Å². The molecule has 0 aromatic carbocycles. The molecule has 0 amide bonds. The van der Waals surface area contributed by atoms with Gasteiger partial charge in [0.1, 0.15) is 6.10 Å². The molecule has 0 spiro atoms. The second kappa shape index (κ2) is 2.99. The van der Waals surface area contributed by atoms with Gasteiger partial charge in [0.25, 0.3) is 0 Å². The minimum Gasteiger partial charge on any atom is -0.390 e. The lowest BCUT2D eigenvalue weighted by molar-refractivity contribution is 0.0336. The Kier molecular flexibility index (Phi) is 2.25.